The highest BCUT2D eigenvalue weighted by molar-refractivity contribution is 7.99. The second kappa shape index (κ2) is 4.42. The first-order valence-electron chi connectivity index (χ1n) is 5.65. The second-order valence-electron chi connectivity index (χ2n) is 4.08. The van der Waals surface area contributed by atoms with Crippen LogP contribution < -0.4 is 0 Å². The van der Waals surface area contributed by atoms with Gasteiger partial charge in [0.1, 0.15) is 11.4 Å². The van der Waals surface area contributed by atoms with Crippen LogP contribution in [0.2, 0.25) is 0 Å². The largest absolute Gasteiger partial charge is 0.253 e. The third-order valence-corrected chi connectivity index (χ3v) is 3.83. The van der Waals surface area contributed by atoms with Gasteiger partial charge in [-0.1, -0.05) is 30.0 Å². The van der Waals surface area contributed by atoms with Crippen molar-refractivity contribution in [3.05, 3.63) is 47.9 Å². The van der Waals surface area contributed by atoms with E-state index in [1.165, 1.54) is 16.8 Å². The van der Waals surface area contributed by atoms with Gasteiger partial charge in [-0.3, -0.25) is 0 Å². The maximum absolute atomic E-state index is 4.34. The molecular weight excluding hydrogens is 244 g/mol. The molecule has 0 saturated carbocycles. The molecule has 0 aliphatic carbocycles. The molecule has 4 nitrogen and oxygen atoms in total. The van der Waals surface area contributed by atoms with E-state index in [4.69, 9.17) is 0 Å². The van der Waals surface area contributed by atoms with Gasteiger partial charge >= 0.3 is 0 Å². The molecule has 2 aromatic heterocycles. The fraction of sp³-hybridized carbons (Fsp3) is 0.154. The Kier molecular flexibility index (Phi) is 2.76. The van der Waals surface area contributed by atoms with E-state index < -0.39 is 0 Å². The summed E-state index contributed by atoms with van der Waals surface area (Å²) in [5, 5.41) is 5.24. The van der Waals surface area contributed by atoms with Crippen LogP contribution in [0, 0.1) is 13.8 Å². The van der Waals surface area contributed by atoms with Crippen LogP contribution in [-0.4, -0.2) is 19.6 Å². The van der Waals surface area contributed by atoms with E-state index in [2.05, 4.69) is 34.1 Å². The Hall–Kier alpha value is -1.88. The molecule has 0 unspecified atom stereocenters. The van der Waals surface area contributed by atoms with E-state index in [-0.39, 0.29) is 0 Å². The summed E-state index contributed by atoms with van der Waals surface area (Å²) in [5.74, 6) is 0.645. The molecule has 0 spiro atoms. The summed E-state index contributed by atoms with van der Waals surface area (Å²) in [4.78, 5) is 9.69. The minimum absolute atomic E-state index is 0.645. The highest BCUT2D eigenvalue weighted by Crippen LogP contribution is 2.29. The lowest BCUT2D eigenvalue weighted by Gasteiger charge is -2.07. The van der Waals surface area contributed by atoms with Crippen molar-refractivity contribution < 1.29 is 0 Å². The van der Waals surface area contributed by atoms with Crippen molar-refractivity contribution in [3.8, 4) is 0 Å². The zero-order valence-electron chi connectivity index (χ0n) is 10.2. The summed E-state index contributed by atoms with van der Waals surface area (Å²) in [5.41, 5.74) is 2.21. The molecule has 0 amide bonds. The average molecular weight is 256 g/mol. The third-order valence-electron chi connectivity index (χ3n) is 2.66. The quantitative estimate of drug-likeness (QED) is 0.661. The van der Waals surface area contributed by atoms with Gasteiger partial charge in [-0.2, -0.15) is 14.6 Å². The summed E-state index contributed by atoms with van der Waals surface area (Å²) < 4.78 is 1.77. The van der Waals surface area contributed by atoms with Gasteiger partial charge in [0.15, 0.2) is 0 Å². The Balaban J connectivity index is 2.10. The monoisotopic (exact) mass is 256 g/mol. The molecule has 3 aromatic rings. The lowest BCUT2D eigenvalue weighted by Crippen LogP contribution is -1.97. The van der Waals surface area contributed by atoms with Crippen LogP contribution in [-0.2, 0) is 0 Å². The van der Waals surface area contributed by atoms with Crippen LogP contribution in [0.5, 0.6) is 0 Å². The maximum atomic E-state index is 4.34. The lowest BCUT2D eigenvalue weighted by molar-refractivity contribution is 0.833. The predicted octanol–water partition coefficient (Wildman–Crippen LogP) is 2.89. The van der Waals surface area contributed by atoms with Crippen LogP contribution in [0.25, 0.3) is 5.78 Å². The molecule has 1 aromatic carbocycles. The maximum Gasteiger partial charge on any atom is 0.253 e. The number of aryl methyl sites for hydroxylation is 2. The van der Waals surface area contributed by atoms with Gasteiger partial charge in [-0.15, -0.1) is 0 Å². The standard InChI is InChI=1S/C13H12N4S/c1-9-5-3-4-6-11(9)18-12-7-10(2)16-13-14-8-15-17(12)13/h3-8H,1-2H3. The lowest BCUT2D eigenvalue weighted by atomic mass is 10.2. The van der Waals surface area contributed by atoms with Crippen molar-refractivity contribution in [2.75, 3.05) is 0 Å². The normalized spacial score (nSPS) is 11.0. The van der Waals surface area contributed by atoms with Crippen molar-refractivity contribution in [2.45, 2.75) is 23.8 Å². The number of fused-ring (bicyclic) bond motifs is 1. The summed E-state index contributed by atoms with van der Waals surface area (Å²) in [7, 11) is 0. The number of rotatable bonds is 2. The second-order valence-corrected chi connectivity index (χ2v) is 5.14. The van der Waals surface area contributed by atoms with Crippen LogP contribution in [0.1, 0.15) is 11.3 Å². The fourth-order valence-corrected chi connectivity index (χ4v) is 2.80. The Morgan fingerprint density at radius 1 is 1.17 bits per heavy atom. The van der Waals surface area contributed by atoms with Gasteiger partial charge < -0.3 is 0 Å². The van der Waals surface area contributed by atoms with E-state index in [1.54, 1.807) is 16.3 Å². The molecular formula is C13H12N4S. The topological polar surface area (TPSA) is 43.1 Å². The van der Waals surface area contributed by atoms with E-state index >= 15 is 0 Å². The number of hydrogen-bond donors (Lipinski definition) is 0. The van der Waals surface area contributed by atoms with Crippen molar-refractivity contribution >= 4 is 17.5 Å². The van der Waals surface area contributed by atoms with Crippen molar-refractivity contribution in [1.29, 1.82) is 0 Å². The molecule has 5 heteroatoms. The zero-order valence-corrected chi connectivity index (χ0v) is 11.0. The molecule has 90 valence electrons. The Morgan fingerprint density at radius 3 is 2.83 bits per heavy atom. The Bertz CT molecular complexity index is 705. The van der Waals surface area contributed by atoms with Crippen LogP contribution in [0.4, 0.5) is 0 Å². The van der Waals surface area contributed by atoms with Gasteiger partial charge in [0.25, 0.3) is 5.78 Å². The molecule has 0 N–H and O–H groups in total. The van der Waals surface area contributed by atoms with Gasteiger partial charge in [-0.05, 0) is 31.5 Å². The van der Waals surface area contributed by atoms with E-state index in [0.29, 0.717) is 5.78 Å². The Morgan fingerprint density at radius 2 is 2.00 bits per heavy atom. The number of aromatic nitrogens is 4. The summed E-state index contributed by atoms with van der Waals surface area (Å²) >= 11 is 1.68. The molecule has 0 fully saturated rings. The first-order valence-corrected chi connectivity index (χ1v) is 6.46. The molecule has 3 rings (SSSR count). The first kappa shape index (κ1) is 11.2. The van der Waals surface area contributed by atoms with Crippen molar-refractivity contribution in [3.63, 3.8) is 0 Å². The fourth-order valence-electron chi connectivity index (χ4n) is 1.75. The van der Waals surface area contributed by atoms with Gasteiger partial charge in [0, 0.05) is 10.6 Å². The van der Waals surface area contributed by atoms with Gasteiger partial charge in [0.05, 0.1) is 0 Å². The molecule has 0 aliphatic rings. The van der Waals surface area contributed by atoms with Crippen molar-refractivity contribution in [2.24, 2.45) is 0 Å². The van der Waals surface area contributed by atoms with E-state index in [9.17, 15) is 0 Å². The summed E-state index contributed by atoms with van der Waals surface area (Å²) in [6.45, 7) is 4.07. The van der Waals surface area contributed by atoms with Crippen LogP contribution >= 0.6 is 11.8 Å². The third kappa shape index (κ3) is 1.97. The number of hydrogen-bond acceptors (Lipinski definition) is 4. The van der Waals surface area contributed by atoms with Crippen LogP contribution in [0.15, 0.2) is 46.6 Å². The van der Waals surface area contributed by atoms with E-state index in [0.717, 1.165) is 10.7 Å². The highest BCUT2D eigenvalue weighted by Gasteiger charge is 2.08. The Labute approximate surface area is 109 Å². The SMILES string of the molecule is Cc1cc(Sc2ccccc2C)n2ncnc2n1. The predicted molar refractivity (Wildman–Crippen MR) is 70.8 cm³/mol. The molecule has 0 radical (unpaired) electrons. The number of nitrogens with zero attached hydrogens (tertiary/aromatic N) is 4. The minimum atomic E-state index is 0.645. The van der Waals surface area contributed by atoms with E-state index in [1.807, 2.05) is 25.1 Å². The molecule has 0 saturated heterocycles. The molecule has 18 heavy (non-hydrogen) atoms. The molecule has 2 heterocycles. The molecule has 0 atom stereocenters. The number of benzene rings is 1. The highest BCUT2D eigenvalue weighted by atomic mass is 32.2. The summed E-state index contributed by atoms with van der Waals surface area (Å²) in [6.07, 6.45) is 1.53. The first-order chi connectivity index (χ1) is 8.74. The summed E-state index contributed by atoms with van der Waals surface area (Å²) in [6, 6.07) is 10.3. The molecule has 0 bridgehead atoms. The average Bonchev–Trinajstić information content (AvgIpc) is 2.80. The van der Waals surface area contributed by atoms with Crippen LogP contribution in [0.3, 0.4) is 0 Å². The van der Waals surface area contributed by atoms with Gasteiger partial charge in [-0.25, -0.2) is 4.98 Å². The minimum Gasteiger partial charge on any atom is -0.216 e. The van der Waals surface area contributed by atoms with Crippen molar-refractivity contribution in [1.82, 2.24) is 19.6 Å². The zero-order chi connectivity index (χ0) is 12.5. The molecule has 0 aliphatic heterocycles. The smallest absolute Gasteiger partial charge is 0.216 e. The van der Waals surface area contributed by atoms with Gasteiger partial charge in [0.2, 0.25) is 0 Å².